The van der Waals surface area contributed by atoms with E-state index in [1.54, 1.807) is 36.4 Å². The van der Waals surface area contributed by atoms with Crippen molar-refractivity contribution in [2.75, 3.05) is 17.9 Å². The van der Waals surface area contributed by atoms with Crippen molar-refractivity contribution in [3.8, 4) is 0 Å². The number of likely N-dealkylation sites (N-methyl/N-ethyl adjacent to an activating group) is 1. The number of carbonyl (C=O) groups is 2. The van der Waals surface area contributed by atoms with E-state index in [0.29, 0.717) is 9.87 Å². The molecule has 0 saturated heterocycles. The first-order chi connectivity index (χ1) is 20.1. The van der Waals surface area contributed by atoms with Gasteiger partial charge in [-0.15, -0.1) is 0 Å². The number of nitrogens with zero attached hydrogens (tertiary/aromatic N) is 2. The Hall–Kier alpha value is -3.92. The monoisotopic (exact) mass is 627 g/mol. The van der Waals surface area contributed by atoms with Gasteiger partial charge in [-0.25, -0.2) is 12.8 Å². The van der Waals surface area contributed by atoms with Gasteiger partial charge in [0, 0.05) is 35.6 Å². The molecule has 2 amide bonds. The van der Waals surface area contributed by atoms with Gasteiger partial charge in [-0.1, -0.05) is 89.9 Å². The number of hydrogen-bond donors (Lipinski definition) is 1. The fourth-order valence-corrected chi connectivity index (χ4v) is 6.42. The van der Waals surface area contributed by atoms with E-state index in [0.717, 1.165) is 11.6 Å². The van der Waals surface area contributed by atoms with Gasteiger partial charge in [0.15, 0.2) is 0 Å². The predicted octanol–water partition coefficient (Wildman–Crippen LogP) is 5.71. The van der Waals surface area contributed by atoms with Crippen LogP contribution in [0.3, 0.4) is 0 Å². The van der Waals surface area contributed by atoms with Crippen molar-refractivity contribution >= 4 is 50.7 Å². The number of amides is 2. The molecule has 0 fully saturated rings. The third-order valence-corrected chi connectivity index (χ3v) is 9.12. The van der Waals surface area contributed by atoms with E-state index in [-0.39, 0.29) is 33.6 Å². The second kappa shape index (κ2) is 13.8. The zero-order valence-electron chi connectivity index (χ0n) is 22.6. The summed E-state index contributed by atoms with van der Waals surface area (Å²) in [6, 6.07) is 25.5. The first kappa shape index (κ1) is 31.0. The van der Waals surface area contributed by atoms with Crippen molar-refractivity contribution in [3.63, 3.8) is 0 Å². The van der Waals surface area contributed by atoms with Crippen LogP contribution in [0.4, 0.5) is 10.1 Å². The average Bonchev–Trinajstić information content (AvgIpc) is 2.99. The molecule has 11 heteroatoms. The van der Waals surface area contributed by atoms with E-state index in [1.165, 1.54) is 54.4 Å². The Balaban J connectivity index is 1.82. The highest BCUT2D eigenvalue weighted by atomic mass is 35.5. The quantitative estimate of drug-likeness (QED) is 0.231. The summed E-state index contributed by atoms with van der Waals surface area (Å²) in [7, 11) is -2.97. The maximum Gasteiger partial charge on any atom is 0.264 e. The molecule has 0 radical (unpaired) electrons. The lowest BCUT2D eigenvalue weighted by atomic mass is 10.0. The summed E-state index contributed by atoms with van der Waals surface area (Å²) in [6.45, 7) is -1.01. The Morgan fingerprint density at radius 2 is 1.40 bits per heavy atom. The van der Waals surface area contributed by atoms with Crippen LogP contribution in [0.5, 0.6) is 0 Å². The first-order valence-corrected chi connectivity index (χ1v) is 15.1. The number of rotatable bonds is 11. The summed E-state index contributed by atoms with van der Waals surface area (Å²) < 4.78 is 43.5. The lowest BCUT2D eigenvalue weighted by Gasteiger charge is -2.34. The van der Waals surface area contributed by atoms with Crippen LogP contribution >= 0.6 is 23.2 Å². The summed E-state index contributed by atoms with van der Waals surface area (Å²) in [6.07, 6.45) is 0.111. The van der Waals surface area contributed by atoms with Gasteiger partial charge in [0.25, 0.3) is 10.0 Å². The molecule has 0 aliphatic rings. The number of nitrogens with one attached hydrogen (secondary N) is 1. The smallest absolute Gasteiger partial charge is 0.264 e. The molecule has 4 aromatic rings. The van der Waals surface area contributed by atoms with Gasteiger partial charge < -0.3 is 10.2 Å². The van der Waals surface area contributed by atoms with Gasteiger partial charge in [0.1, 0.15) is 18.4 Å². The van der Waals surface area contributed by atoms with E-state index < -0.39 is 40.2 Å². The van der Waals surface area contributed by atoms with Crippen LogP contribution in [0.15, 0.2) is 108 Å². The molecule has 218 valence electrons. The van der Waals surface area contributed by atoms with E-state index in [4.69, 9.17) is 23.2 Å². The SMILES string of the molecule is CNC(=O)[C@@H](Cc1ccccc1)N(Cc1c(Cl)cccc1Cl)C(=O)CN(c1ccccc1F)S(=O)(=O)c1ccccc1. The second-order valence-corrected chi connectivity index (χ2v) is 12.0. The van der Waals surface area contributed by atoms with Crippen molar-refractivity contribution < 1.29 is 22.4 Å². The van der Waals surface area contributed by atoms with E-state index in [9.17, 15) is 18.0 Å². The minimum absolute atomic E-state index is 0.111. The maximum absolute atomic E-state index is 15.1. The molecular weight excluding hydrogens is 600 g/mol. The van der Waals surface area contributed by atoms with E-state index in [2.05, 4.69) is 5.32 Å². The Morgan fingerprint density at radius 3 is 2.00 bits per heavy atom. The van der Waals surface area contributed by atoms with Crippen LogP contribution < -0.4 is 9.62 Å². The number of para-hydroxylation sites is 1. The minimum Gasteiger partial charge on any atom is -0.357 e. The number of carbonyl (C=O) groups excluding carboxylic acids is 2. The fraction of sp³-hybridized carbons (Fsp3) is 0.161. The van der Waals surface area contributed by atoms with Crippen LogP contribution in [0, 0.1) is 5.82 Å². The zero-order chi connectivity index (χ0) is 30.3. The molecule has 7 nitrogen and oxygen atoms in total. The molecule has 0 aromatic heterocycles. The molecule has 42 heavy (non-hydrogen) atoms. The molecule has 0 saturated carbocycles. The minimum atomic E-state index is -4.41. The van der Waals surface area contributed by atoms with Gasteiger partial charge in [-0.3, -0.25) is 13.9 Å². The summed E-state index contributed by atoms with van der Waals surface area (Å²) >= 11 is 12.9. The van der Waals surface area contributed by atoms with Crippen LogP contribution in [-0.4, -0.2) is 44.8 Å². The van der Waals surface area contributed by atoms with Crippen molar-refractivity contribution in [1.82, 2.24) is 10.2 Å². The van der Waals surface area contributed by atoms with Crippen molar-refractivity contribution in [2.45, 2.75) is 23.9 Å². The molecule has 4 aromatic carbocycles. The Morgan fingerprint density at radius 1 is 0.833 bits per heavy atom. The Labute approximate surface area is 254 Å². The predicted molar refractivity (Wildman–Crippen MR) is 162 cm³/mol. The zero-order valence-corrected chi connectivity index (χ0v) is 24.9. The van der Waals surface area contributed by atoms with Gasteiger partial charge in [0.2, 0.25) is 11.8 Å². The largest absolute Gasteiger partial charge is 0.357 e. The fourth-order valence-electron chi connectivity index (χ4n) is 4.46. The second-order valence-electron chi connectivity index (χ2n) is 9.32. The standard InChI is InChI=1S/C31H28Cl2FN3O4S/c1-35-31(39)29(19-22-11-4-2-5-12-22)36(20-24-25(32)15-10-16-26(24)33)30(38)21-37(28-18-9-8-17-27(28)34)42(40,41)23-13-6-3-7-14-23/h2-18,29H,19-21H2,1H3,(H,35,39)/t29-/m1/s1. The molecule has 4 rings (SSSR count). The van der Waals surface area contributed by atoms with Crippen LogP contribution in [0.1, 0.15) is 11.1 Å². The Kier molecular flexibility index (Phi) is 10.2. The molecular formula is C31H28Cl2FN3O4S. The highest BCUT2D eigenvalue weighted by Crippen LogP contribution is 2.29. The Bertz CT molecular complexity index is 1640. The summed E-state index contributed by atoms with van der Waals surface area (Å²) in [5.41, 5.74) is 0.821. The van der Waals surface area contributed by atoms with Gasteiger partial charge in [-0.2, -0.15) is 0 Å². The molecule has 0 heterocycles. The maximum atomic E-state index is 15.1. The number of hydrogen-bond acceptors (Lipinski definition) is 4. The highest BCUT2D eigenvalue weighted by molar-refractivity contribution is 7.92. The van der Waals surface area contributed by atoms with Crippen LogP contribution in [0.2, 0.25) is 10.0 Å². The average molecular weight is 629 g/mol. The molecule has 1 atom stereocenters. The lowest BCUT2D eigenvalue weighted by Crippen LogP contribution is -2.53. The number of anilines is 1. The van der Waals surface area contributed by atoms with Crippen molar-refractivity contribution in [1.29, 1.82) is 0 Å². The molecule has 0 aliphatic carbocycles. The van der Waals surface area contributed by atoms with Crippen molar-refractivity contribution in [3.05, 3.63) is 130 Å². The lowest BCUT2D eigenvalue weighted by molar-refractivity contribution is -0.139. The molecule has 0 spiro atoms. The number of benzene rings is 4. The van der Waals surface area contributed by atoms with Gasteiger partial charge in [0.05, 0.1) is 10.6 Å². The van der Waals surface area contributed by atoms with Gasteiger partial charge >= 0.3 is 0 Å². The molecule has 0 bridgehead atoms. The van der Waals surface area contributed by atoms with Crippen LogP contribution in [-0.2, 0) is 32.6 Å². The molecule has 0 unspecified atom stereocenters. The summed E-state index contributed by atoms with van der Waals surface area (Å²) in [4.78, 5) is 28.6. The van der Waals surface area contributed by atoms with E-state index in [1.807, 2.05) is 18.2 Å². The third-order valence-electron chi connectivity index (χ3n) is 6.64. The normalized spacial score (nSPS) is 11.9. The third kappa shape index (κ3) is 7.10. The summed E-state index contributed by atoms with van der Waals surface area (Å²) in [5.74, 6) is -2.09. The number of sulfonamides is 1. The first-order valence-electron chi connectivity index (χ1n) is 12.9. The van der Waals surface area contributed by atoms with Crippen molar-refractivity contribution in [2.24, 2.45) is 0 Å². The molecule has 0 aliphatic heterocycles. The molecule has 1 N–H and O–H groups in total. The van der Waals surface area contributed by atoms with E-state index >= 15 is 4.39 Å². The topological polar surface area (TPSA) is 86.8 Å². The van der Waals surface area contributed by atoms with Crippen LogP contribution in [0.25, 0.3) is 0 Å². The number of halogens is 3. The highest BCUT2D eigenvalue weighted by Gasteiger charge is 2.35. The summed E-state index contributed by atoms with van der Waals surface area (Å²) in [5, 5.41) is 3.12. The van der Waals surface area contributed by atoms with Gasteiger partial charge in [-0.05, 0) is 42.0 Å².